The second-order valence-electron chi connectivity index (χ2n) is 14.6. The third-order valence-corrected chi connectivity index (χ3v) is 16.6. The molecule has 7 rings (SSSR count). The minimum absolute atomic E-state index is 0.0592. The number of hydrogen-bond acceptors (Lipinski definition) is 10. The quantitative estimate of drug-likeness (QED) is 0.0861. The Kier molecular flexibility index (Phi) is 11.2. The number of hydrogen-bond donors (Lipinski definition) is 1. The molecule has 0 amide bonds. The third kappa shape index (κ3) is 7.54. The van der Waals surface area contributed by atoms with Gasteiger partial charge in [-0.05, 0) is 98.7 Å². The van der Waals surface area contributed by atoms with Crippen LogP contribution in [0.2, 0.25) is 0 Å². The van der Waals surface area contributed by atoms with Crippen LogP contribution in [0.1, 0.15) is 68.0 Å². The van der Waals surface area contributed by atoms with Crippen LogP contribution in [0.5, 0.6) is 11.5 Å². The fraction of sp³-hybridized carbons (Fsp3) is 0.415. The van der Waals surface area contributed by atoms with Gasteiger partial charge in [0.1, 0.15) is 29.4 Å². The minimum atomic E-state index is -2.88. The summed E-state index contributed by atoms with van der Waals surface area (Å²) >= 11 is 7.91. The van der Waals surface area contributed by atoms with E-state index in [0.29, 0.717) is 29.4 Å². The normalized spacial score (nSPS) is 28.1. The number of benzene rings is 3. The van der Waals surface area contributed by atoms with Crippen molar-refractivity contribution >= 4 is 28.9 Å². The summed E-state index contributed by atoms with van der Waals surface area (Å²) in [6, 6.07) is 25.7. The first-order chi connectivity index (χ1) is 25.9. The van der Waals surface area contributed by atoms with Gasteiger partial charge in [-0.25, -0.2) is 4.79 Å². The summed E-state index contributed by atoms with van der Waals surface area (Å²) in [4.78, 5) is 27.9. The van der Waals surface area contributed by atoms with Crippen LogP contribution in [-0.4, -0.2) is 53.4 Å². The molecule has 2 saturated heterocycles. The van der Waals surface area contributed by atoms with E-state index >= 15 is 0 Å². The monoisotopic (exact) mass is 790 g/mol. The number of aromatic nitrogens is 2. The second kappa shape index (κ2) is 15.6. The predicted molar refractivity (Wildman–Crippen MR) is 215 cm³/mol. The van der Waals surface area contributed by atoms with Crippen LogP contribution < -0.4 is 20.7 Å². The Hall–Kier alpha value is -3.48. The van der Waals surface area contributed by atoms with Crippen LogP contribution >= 0.6 is 17.1 Å². The average Bonchev–Trinajstić information content (AvgIpc) is 3.69. The molecule has 0 bridgehead atoms. The molecule has 10 nitrogen and oxygen atoms in total. The number of methoxy groups -OCH3 is 2. The second-order valence-corrected chi connectivity index (χ2v) is 20.8. The zero-order valence-electron chi connectivity index (χ0n) is 31.2. The Labute approximate surface area is 325 Å². The Morgan fingerprint density at radius 3 is 2.20 bits per heavy atom. The van der Waals surface area contributed by atoms with Crippen molar-refractivity contribution in [2.75, 3.05) is 20.8 Å². The number of nitrogens with zero attached hydrogens (tertiary/aromatic N) is 1. The van der Waals surface area contributed by atoms with Crippen LogP contribution in [0, 0.1) is 12.8 Å². The van der Waals surface area contributed by atoms with Gasteiger partial charge in [0.25, 0.3) is 5.56 Å². The summed E-state index contributed by atoms with van der Waals surface area (Å²) in [7, 11) is 3.27. The van der Waals surface area contributed by atoms with Crippen LogP contribution in [0.3, 0.4) is 0 Å². The first-order valence-corrected chi connectivity index (χ1v) is 22.3. The van der Waals surface area contributed by atoms with Crippen LogP contribution in [0.4, 0.5) is 0 Å². The summed E-state index contributed by atoms with van der Waals surface area (Å²) in [6.07, 6.45) is 2.61. The zero-order valence-corrected chi connectivity index (χ0v) is 33.7. The molecule has 1 aromatic heterocycles. The smallest absolute Gasteiger partial charge is 0.330 e. The summed E-state index contributed by atoms with van der Waals surface area (Å²) < 4.78 is 40.1. The molecule has 3 heterocycles. The molecule has 3 aromatic carbocycles. The van der Waals surface area contributed by atoms with Gasteiger partial charge in [-0.1, -0.05) is 78.1 Å². The minimum Gasteiger partial charge on any atom is -0.497 e. The molecule has 1 saturated carbocycles. The maximum atomic E-state index is 13.2. The van der Waals surface area contributed by atoms with Crippen molar-refractivity contribution in [1.29, 1.82) is 0 Å². The lowest BCUT2D eigenvalue weighted by molar-refractivity contribution is -0.0921. The molecule has 54 heavy (non-hydrogen) atoms. The number of H-pyrrole nitrogens is 1. The van der Waals surface area contributed by atoms with Crippen LogP contribution in [0.15, 0.2) is 107 Å². The number of rotatable bonds is 12. The summed E-state index contributed by atoms with van der Waals surface area (Å²) in [6.45, 7) is 10.2. The molecular formula is C41H47N2O8PS2. The van der Waals surface area contributed by atoms with E-state index in [0.717, 1.165) is 36.0 Å². The van der Waals surface area contributed by atoms with E-state index in [1.807, 2.05) is 78.9 Å². The molecule has 0 spiro atoms. The molecule has 0 unspecified atom stereocenters. The van der Waals surface area contributed by atoms with Crippen LogP contribution in [0.25, 0.3) is 0 Å². The number of aromatic amines is 1. The molecule has 3 aliphatic rings. The van der Waals surface area contributed by atoms with Gasteiger partial charge >= 0.3 is 5.69 Å². The largest absolute Gasteiger partial charge is 0.497 e. The molecule has 286 valence electrons. The molecule has 4 aromatic rings. The van der Waals surface area contributed by atoms with E-state index in [-0.39, 0.29) is 11.9 Å². The Bertz CT molecular complexity index is 2090. The van der Waals surface area contributed by atoms with Crippen molar-refractivity contribution in [3.05, 3.63) is 140 Å². The lowest BCUT2D eigenvalue weighted by Crippen LogP contribution is -2.40. The zero-order chi connectivity index (χ0) is 38.3. The highest BCUT2D eigenvalue weighted by Gasteiger charge is 2.55. The van der Waals surface area contributed by atoms with Gasteiger partial charge in [0.2, 0.25) is 5.69 Å². The molecule has 7 atom stereocenters. The molecule has 13 heteroatoms. The molecule has 1 N–H and O–H groups in total. The number of allylic oxidation sites excluding steroid dienone is 1. The van der Waals surface area contributed by atoms with E-state index < -0.39 is 46.6 Å². The van der Waals surface area contributed by atoms with E-state index in [2.05, 4.69) is 25.4 Å². The first-order valence-electron chi connectivity index (χ1n) is 18.2. The number of nitrogens with one attached hydrogen (secondary N) is 1. The lowest BCUT2D eigenvalue weighted by atomic mass is 9.77. The molecule has 2 aliphatic heterocycles. The highest BCUT2D eigenvalue weighted by Crippen LogP contribution is 2.75. The summed E-state index contributed by atoms with van der Waals surface area (Å²) in [5, 5.41) is 0.173. The molecule has 1 aliphatic carbocycles. The van der Waals surface area contributed by atoms with Crippen molar-refractivity contribution in [2.24, 2.45) is 5.92 Å². The summed E-state index contributed by atoms with van der Waals surface area (Å²) in [5.74, 6) is 1.84. The molecule has 3 fully saturated rings. The average molecular weight is 791 g/mol. The SMILES string of the molecule is C=C(C)[C@H]1CC[C@@]2(C)O[P@](=S)(O[C@H]3C[C@H](n4cc(C)c(=O)[nH]c4=O)O[C@@H]3COC(c3ccccc3)(c3ccc(OC)cc3)c3ccc(OC)cc3)S[C@@H]2C1. The highest BCUT2D eigenvalue weighted by molar-refractivity contribution is 8.68. The maximum Gasteiger partial charge on any atom is 0.330 e. The van der Waals surface area contributed by atoms with E-state index in [4.69, 9.17) is 39.8 Å². The number of aryl methyl sites for hydroxylation is 1. The van der Waals surface area contributed by atoms with Gasteiger partial charge in [0, 0.05) is 23.4 Å². The summed E-state index contributed by atoms with van der Waals surface area (Å²) in [5.41, 5.74) is -1.21. The van der Waals surface area contributed by atoms with Gasteiger partial charge in [0.05, 0.1) is 32.5 Å². The van der Waals surface area contributed by atoms with Gasteiger partial charge in [0.15, 0.2) is 0 Å². The fourth-order valence-corrected chi connectivity index (χ4v) is 15.1. The van der Waals surface area contributed by atoms with Gasteiger partial charge in [-0.15, -0.1) is 0 Å². The lowest BCUT2D eigenvalue weighted by Gasteiger charge is -2.38. The van der Waals surface area contributed by atoms with Crippen LogP contribution in [-0.2, 0) is 35.9 Å². The van der Waals surface area contributed by atoms with Crippen molar-refractivity contribution in [1.82, 2.24) is 9.55 Å². The topological polar surface area (TPSA) is 110 Å². The van der Waals surface area contributed by atoms with Crippen molar-refractivity contribution in [3.8, 4) is 11.5 Å². The van der Waals surface area contributed by atoms with Gasteiger partial charge in [-0.3, -0.25) is 14.3 Å². The van der Waals surface area contributed by atoms with Gasteiger partial charge in [-0.2, -0.15) is 0 Å². The van der Waals surface area contributed by atoms with Gasteiger partial charge < -0.3 is 28.0 Å². The van der Waals surface area contributed by atoms with E-state index in [1.165, 1.54) is 16.3 Å². The predicted octanol–water partition coefficient (Wildman–Crippen LogP) is 8.04. The Morgan fingerprint density at radius 2 is 1.61 bits per heavy atom. The standard InChI is InChI=1S/C41H47N2O8PS2/c1-26(2)28-20-21-40(4)36(22-28)54-52(53,51-40)50-34-23-37(43-24-27(3)38(44)42-39(43)45)49-35(34)25-48-41(29-10-8-7-9-11-29,30-12-16-32(46-5)17-13-30)31-14-18-33(47-6)19-15-31/h7-19,24,28,34-37H,1,20-23,25H2,2-6H3,(H,42,44,45)/t28-,34-,35+,36+,37+,40+,52-/m0/s1. The molecular weight excluding hydrogens is 744 g/mol. The van der Waals surface area contributed by atoms with E-state index in [9.17, 15) is 9.59 Å². The Balaban J connectivity index is 1.27. The van der Waals surface area contributed by atoms with Crippen molar-refractivity contribution in [3.63, 3.8) is 0 Å². The Morgan fingerprint density at radius 1 is 1.00 bits per heavy atom. The fourth-order valence-electron chi connectivity index (χ4n) is 7.81. The number of ether oxygens (including phenoxy) is 4. The highest BCUT2D eigenvalue weighted by atomic mass is 32.9. The number of fused-ring (bicyclic) bond motifs is 1. The van der Waals surface area contributed by atoms with Crippen molar-refractivity contribution < 1.29 is 28.0 Å². The van der Waals surface area contributed by atoms with Crippen molar-refractivity contribution in [2.45, 2.75) is 81.3 Å². The molecule has 0 radical (unpaired) electrons. The first kappa shape index (κ1) is 38.8. The maximum absolute atomic E-state index is 13.2. The third-order valence-electron chi connectivity index (χ3n) is 11.0. The van der Waals surface area contributed by atoms with E-state index in [1.54, 1.807) is 32.5 Å².